The van der Waals surface area contributed by atoms with Gasteiger partial charge in [-0.2, -0.15) is 0 Å². The van der Waals surface area contributed by atoms with E-state index in [2.05, 4.69) is 24.1 Å². The second kappa shape index (κ2) is 7.01. The molecule has 0 saturated heterocycles. The van der Waals surface area contributed by atoms with Crippen molar-refractivity contribution >= 4 is 0 Å². The first-order valence-electron chi connectivity index (χ1n) is 6.74. The maximum absolute atomic E-state index is 13.5. The van der Waals surface area contributed by atoms with Crippen LogP contribution in [0.5, 0.6) is 11.6 Å². The van der Waals surface area contributed by atoms with Crippen LogP contribution in [0, 0.1) is 11.7 Å². The Kier molecular flexibility index (Phi) is 5.07. The SMILES string of the molecule is CC(C)CNCc1cccc(Oc2ccccc2F)n1. The molecule has 2 rings (SSSR count). The van der Waals surface area contributed by atoms with Gasteiger partial charge in [0.25, 0.3) is 0 Å². The number of rotatable bonds is 6. The molecular weight excluding hydrogens is 255 g/mol. The average Bonchev–Trinajstić information content (AvgIpc) is 2.41. The monoisotopic (exact) mass is 274 g/mol. The molecule has 4 heteroatoms. The zero-order valence-electron chi connectivity index (χ0n) is 11.8. The summed E-state index contributed by atoms with van der Waals surface area (Å²) in [4.78, 5) is 4.35. The summed E-state index contributed by atoms with van der Waals surface area (Å²) < 4.78 is 19.0. The summed E-state index contributed by atoms with van der Waals surface area (Å²) in [5.41, 5.74) is 0.875. The molecule has 3 nitrogen and oxygen atoms in total. The first kappa shape index (κ1) is 14.5. The molecule has 0 aliphatic carbocycles. The fourth-order valence-electron chi connectivity index (χ4n) is 1.74. The zero-order valence-corrected chi connectivity index (χ0v) is 11.8. The lowest BCUT2D eigenvalue weighted by Crippen LogP contribution is -2.19. The molecule has 0 spiro atoms. The quantitative estimate of drug-likeness (QED) is 0.871. The Morgan fingerprint density at radius 3 is 2.70 bits per heavy atom. The van der Waals surface area contributed by atoms with Gasteiger partial charge in [-0.05, 0) is 30.7 Å². The van der Waals surface area contributed by atoms with E-state index in [9.17, 15) is 4.39 Å². The van der Waals surface area contributed by atoms with Gasteiger partial charge in [0.05, 0.1) is 5.69 Å². The summed E-state index contributed by atoms with van der Waals surface area (Å²) in [5.74, 6) is 0.789. The number of benzene rings is 1. The molecule has 1 N–H and O–H groups in total. The van der Waals surface area contributed by atoms with Crippen molar-refractivity contribution in [1.82, 2.24) is 10.3 Å². The molecule has 0 atom stereocenters. The Hall–Kier alpha value is -1.94. The topological polar surface area (TPSA) is 34.1 Å². The van der Waals surface area contributed by atoms with Crippen molar-refractivity contribution in [3.05, 3.63) is 54.0 Å². The van der Waals surface area contributed by atoms with Crippen molar-refractivity contribution < 1.29 is 9.13 Å². The average molecular weight is 274 g/mol. The number of nitrogens with one attached hydrogen (secondary N) is 1. The minimum absolute atomic E-state index is 0.187. The van der Waals surface area contributed by atoms with Gasteiger partial charge < -0.3 is 10.1 Å². The predicted octanol–water partition coefficient (Wildman–Crippen LogP) is 3.76. The summed E-state index contributed by atoms with van der Waals surface area (Å²) in [7, 11) is 0. The molecule has 0 amide bonds. The highest BCUT2D eigenvalue weighted by molar-refractivity contribution is 5.28. The third-order valence-corrected chi connectivity index (χ3v) is 2.69. The van der Waals surface area contributed by atoms with Crippen LogP contribution in [0.15, 0.2) is 42.5 Å². The molecule has 106 valence electrons. The molecule has 20 heavy (non-hydrogen) atoms. The molecule has 0 fully saturated rings. The van der Waals surface area contributed by atoms with Crippen LogP contribution in [-0.2, 0) is 6.54 Å². The van der Waals surface area contributed by atoms with Gasteiger partial charge in [0.1, 0.15) is 0 Å². The number of hydrogen-bond donors (Lipinski definition) is 1. The van der Waals surface area contributed by atoms with E-state index >= 15 is 0 Å². The zero-order chi connectivity index (χ0) is 14.4. The van der Waals surface area contributed by atoms with Gasteiger partial charge in [0.2, 0.25) is 5.88 Å². The van der Waals surface area contributed by atoms with Crippen LogP contribution in [-0.4, -0.2) is 11.5 Å². The third-order valence-electron chi connectivity index (χ3n) is 2.69. The molecule has 0 bridgehead atoms. The first-order chi connectivity index (χ1) is 9.65. The molecule has 0 aliphatic rings. The lowest BCUT2D eigenvalue weighted by molar-refractivity contribution is 0.425. The maximum Gasteiger partial charge on any atom is 0.219 e. The second-order valence-electron chi connectivity index (χ2n) is 5.02. The van der Waals surface area contributed by atoms with E-state index in [-0.39, 0.29) is 5.75 Å². The summed E-state index contributed by atoms with van der Waals surface area (Å²) in [6, 6.07) is 11.8. The molecule has 1 heterocycles. The number of hydrogen-bond acceptors (Lipinski definition) is 3. The minimum Gasteiger partial charge on any atom is -0.436 e. The maximum atomic E-state index is 13.5. The van der Waals surface area contributed by atoms with Gasteiger partial charge in [0, 0.05) is 12.6 Å². The van der Waals surface area contributed by atoms with Gasteiger partial charge >= 0.3 is 0 Å². The van der Waals surface area contributed by atoms with Crippen LogP contribution < -0.4 is 10.1 Å². The van der Waals surface area contributed by atoms with E-state index in [1.165, 1.54) is 6.07 Å². The van der Waals surface area contributed by atoms with E-state index in [1.54, 1.807) is 24.3 Å². The van der Waals surface area contributed by atoms with Crippen LogP contribution in [0.1, 0.15) is 19.5 Å². The van der Waals surface area contributed by atoms with E-state index in [0.717, 1.165) is 12.2 Å². The van der Waals surface area contributed by atoms with Crippen molar-refractivity contribution in [1.29, 1.82) is 0 Å². The van der Waals surface area contributed by atoms with Gasteiger partial charge in [-0.25, -0.2) is 9.37 Å². The smallest absolute Gasteiger partial charge is 0.219 e. The number of aromatic nitrogens is 1. The molecular formula is C16H19FN2O. The highest BCUT2D eigenvalue weighted by atomic mass is 19.1. The van der Waals surface area contributed by atoms with Crippen molar-refractivity contribution in [2.75, 3.05) is 6.54 Å². The number of nitrogens with zero attached hydrogens (tertiary/aromatic N) is 1. The highest BCUT2D eigenvalue weighted by Crippen LogP contribution is 2.22. The molecule has 1 aromatic heterocycles. The van der Waals surface area contributed by atoms with Crippen LogP contribution in [0.4, 0.5) is 4.39 Å². The summed E-state index contributed by atoms with van der Waals surface area (Å²) in [6.45, 7) is 5.91. The third kappa shape index (κ3) is 4.31. The largest absolute Gasteiger partial charge is 0.436 e. The second-order valence-corrected chi connectivity index (χ2v) is 5.02. The summed E-state index contributed by atoms with van der Waals surface area (Å²) in [5, 5.41) is 3.31. The highest BCUT2D eigenvalue weighted by Gasteiger charge is 2.05. The lowest BCUT2D eigenvalue weighted by atomic mass is 10.2. The van der Waals surface area contributed by atoms with Crippen molar-refractivity contribution in [3.8, 4) is 11.6 Å². The normalized spacial score (nSPS) is 10.8. The predicted molar refractivity (Wildman–Crippen MR) is 77.3 cm³/mol. The van der Waals surface area contributed by atoms with E-state index in [4.69, 9.17) is 4.74 Å². The molecule has 1 aromatic carbocycles. The Labute approximate surface area is 118 Å². The molecule has 0 unspecified atom stereocenters. The Morgan fingerprint density at radius 2 is 1.95 bits per heavy atom. The minimum atomic E-state index is -0.391. The summed E-state index contributed by atoms with van der Waals surface area (Å²) >= 11 is 0. The molecule has 2 aromatic rings. The lowest BCUT2D eigenvalue weighted by Gasteiger charge is -2.09. The van der Waals surface area contributed by atoms with Crippen molar-refractivity contribution in [3.63, 3.8) is 0 Å². The fourth-order valence-corrected chi connectivity index (χ4v) is 1.74. The van der Waals surface area contributed by atoms with Crippen LogP contribution in [0.2, 0.25) is 0 Å². The van der Waals surface area contributed by atoms with E-state index < -0.39 is 5.82 Å². The van der Waals surface area contributed by atoms with Crippen LogP contribution >= 0.6 is 0 Å². The van der Waals surface area contributed by atoms with E-state index in [1.807, 2.05) is 12.1 Å². The van der Waals surface area contributed by atoms with Gasteiger partial charge in [-0.15, -0.1) is 0 Å². The Morgan fingerprint density at radius 1 is 1.15 bits per heavy atom. The van der Waals surface area contributed by atoms with Crippen LogP contribution in [0.25, 0.3) is 0 Å². The number of pyridine rings is 1. The van der Waals surface area contributed by atoms with Gasteiger partial charge in [-0.3, -0.25) is 0 Å². The van der Waals surface area contributed by atoms with Crippen LogP contribution in [0.3, 0.4) is 0 Å². The fraction of sp³-hybridized carbons (Fsp3) is 0.312. The van der Waals surface area contributed by atoms with Crippen molar-refractivity contribution in [2.45, 2.75) is 20.4 Å². The molecule has 0 radical (unpaired) electrons. The van der Waals surface area contributed by atoms with Gasteiger partial charge in [0.15, 0.2) is 11.6 Å². The first-order valence-corrected chi connectivity index (χ1v) is 6.74. The molecule has 0 saturated carbocycles. The van der Waals surface area contributed by atoms with E-state index in [0.29, 0.717) is 18.3 Å². The summed E-state index contributed by atoms with van der Waals surface area (Å²) in [6.07, 6.45) is 0. The Bertz CT molecular complexity index is 558. The number of para-hydroxylation sites is 1. The molecule has 0 aliphatic heterocycles. The Balaban J connectivity index is 2.01. The van der Waals surface area contributed by atoms with Gasteiger partial charge in [-0.1, -0.05) is 32.0 Å². The van der Waals surface area contributed by atoms with Crippen molar-refractivity contribution in [2.24, 2.45) is 5.92 Å². The standard InChI is InChI=1S/C16H19FN2O/c1-12(2)10-18-11-13-6-5-9-16(19-13)20-15-8-4-3-7-14(15)17/h3-9,12,18H,10-11H2,1-2H3. The number of ether oxygens (including phenoxy) is 1. The number of halogens is 1.